The number of aromatic nitrogens is 1. The standard InChI is InChI=1S/C17H21N3O3/c1-12(10-18-2)17(21)20-13-4-9-16(19-11-13)23-15-7-5-14(22-3)6-8-15/h4-9,11-12,18H,10H2,1-3H3,(H,20,21). The molecule has 1 amide bonds. The molecule has 0 bridgehead atoms. The summed E-state index contributed by atoms with van der Waals surface area (Å²) >= 11 is 0. The van der Waals surface area contributed by atoms with E-state index in [2.05, 4.69) is 15.6 Å². The summed E-state index contributed by atoms with van der Waals surface area (Å²) in [6.07, 6.45) is 1.57. The van der Waals surface area contributed by atoms with Crippen LogP contribution in [-0.2, 0) is 4.79 Å². The van der Waals surface area contributed by atoms with Crippen molar-refractivity contribution in [1.82, 2.24) is 10.3 Å². The molecule has 1 heterocycles. The van der Waals surface area contributed by atoms with Crippen LogP contribution in [0.3, 0.4) is 0 Å². The molecule has 0 saturated carbocycles. The van der Waals surface area contributed by atoms with Gasteiger partial charge in [0.15, 0.2) is 0 Å². The lowest BCUT2D eigenvalue weighted by Crippen LogP contribution is -2.28. The molecule has 122 valence electrons. The Labute approximate surface area is 135 Å². The molecule has 2 N–H and O–H groups in total. The fourth-order valence-electron chi connectivity index (χ4n) is 1.94. The molecule has 2 aromatic rings. The van der Waals surface area contributed by atoms with E-state index in [1.54, 1.807) is 37.6 Å². The van der Waals surface area contributed by atoms with Crippen LogP contribution >= 0.6 is 0 Å². The highest BCUT2D eigenvalue weighted by Gasteiger charge is 2.12. The molecule has 1 aromatic heterocycles. The number of amides is 1. The van der Waals surface area contributed by atoms with Crippen LogP contribution in [0.1, 0.15) is 6.92 Å². The van der Waals surface area contributed by atoms with Crippen LogP contribution in [0.5, 0.6) is 17.4 Å². The summed E-state index contributed by atoms with van der Waals surface area (Å²) in [6, 6.07) is 10.7. The minimum absolute atomic E-state index is 0.0510. The molecular formula is C17H21N3O3. The van der Waals surface area contributed by atoms with E-state index in [4.69, 9.17) is 9.47 Å². The normalized spacial score (nSPS) is 11.6. The first kappa shape index (κ1) is 16.8. The van der Waals surface area contributed by atoms with E-state index in [9.17, 15) is 4.79 Å². The van der Waals surface area contributed by atoms with Gasteiger partial charge < -0.3 is 20.1 Å². The van der Waals surface area contributed by atoms with Crippen molar-refractivity contribution in [2.24, 2.45) is 5.92 Å². The summed E-state index contributed by atoms with van der Waals surface area (Å²) in [5, 5.41) is 5.79. The highest BCUT2D eigenvalue weighted by molar-refractivity contribution is 5.92. The van der Waals surface area contributed by atoms with Gasteiger partial charge in [0, 0.05) is 18.5 Å². The Bertz CT molecular complexity index is 627. The number of rotatable bonds is 7. The first-order chi connectivity index (χ1) is 11.1. The van der Waals surface area contributed by atoms with Crippen molar-refractivity contribution in [1.29, 1.82) is 0 Å². The number of anilines is 1. The zero-order valence-corrected chi connectivity index (χ0v) is 13.5. The van der Waals surface area contributed by atoms with Gasteiger partial charge in [-0.05, 0) is 37.4 Å². The van der Waals surface area contributed by atoms with Crippen molar-refractivity contribution in [2.75, 3.05) is 26.0 Å². The van der Waals surface area contributed by atoms with E-state index in [0.29, 0.717) is 23.9 Å². The maximum absolute atomic E-state index is 11.9. The maximum Gasteiger partial charge on any atom is 0.228 e. The van der Waals surface area contributed by atoms with Gasteiger partial charge in [0.05, 0.1) is 19.0 Å². The lowest BCUT2D eigenvalue weighted by Gasteiger charge is -2.11. The Morgan fingerprint density at radius 3 is 2.43 bits per heavy atom. The quantitative estimate of drug-likeness (QED) is 0.822. The molecule has 0 spiro atoms. The number of nitrogens with zero attached hydrogens (tertiary/aromatic N) is 1. The molecule has 23 heavy (non-hydrogen) atoms. The molecule has 0 aliphatic rings. The summed E-state index contributed by atoms with van der Waals surface area (Å²) in [5.74, 6) is 1.72. The molecule has 1 aromatic carbocycles. The van der Waals surface area contributed by atoms with Crippen LogP contribution in [0.25, 0.3) is 0 Å². The molecule has 6 heteroatoms. The fourth-order valence-corrected chi connectivity index (χ4v) is 1.94. The zero-order chi connectivity index (χ0) is 16.7. The maximum atomic E-state index is 11.9. The first-order valence-corrected chi connectivity index (χ1v) is 7.36. The fraction of sp³-hybridized carbons (Fsp3) is 0.294. The van der Waals surface area contributed by atoms with E-state index in [1.165, 1.54) is 0 Å². The Kier molecular flexibility index (Phi) is 5.94. The summed E-state index contributed by atoms with van der Waals surface area (Å²) in [4.78, 5) is 16.1. The van der Waals surface area contributed by atoms with Gasteiger partial charge in [-0.15, -0.1) is 0 Å². The lowest BCUT2D eigenvalue weighted by atomic mass is 10.1. The minimum atomic E-state index is -0.116. The van der Waals surface area contributed by atoms with E-state index >= 15 is 0 Å². The van der Waals surface area contributed by atoms with Gasteiger partial charge in [0.25, 0.3) is 0 Å². The van der Waals surface area contributed by atoms with Gasteiger partial charge in [0.2, 0.25) is 11.8 Å². The molecule has 6 nitrogen and oxygen atoms in total. The minimum Gasteiger partial charge on any atom is -0.497 e. The summed E-state index contributed by atoms with van der Waals surface area (Å²) in [7, 11) is 3.43. The number of pyridine rings is 1. The second-order valence-electron chi connectivity index (χ2n) is 5.11. The van der Waals surface area contributed by atoms with Crippen LogP contribution in [0.15, 0.2) is 42.6 Å². The van der Waals surface area contributed by atoms with E-state index in [0.717, 1.165) is 5.75 Å². The number of benzene rings is 1. The third-order valence-corrected chi connectivity index (χ3v) is 3.24. The van der Waals surface area contributed by atoms with Gasteiger partial charge >= 0.3 is 0 Å². The third kappa shape index (κ3) is 4.96. The van der Waals surface area contributed by atoms with Crippen molar-refractivity contribution in [3.8, 4) is 17.4 Å². The zero-order valence-electron chi connectivity index (χ0n) is 13.5. The summed E-state index contributed by atoms with van der Waals surface area (Å²) in [5.41, 5.74) is 0.639. The highest BCUT2D eigenvalue weighted by atomic mass is 16.5. The van der Waals surface area contributed by atoms with Crippen molar-refractivity contribution < 1.29 is 14.3 Å². The number of methoxy groups -OCH3 is 1. The van der Waals surface area contributed by atoms with Gasteiger partial charge in [-0.2, -0.15) is 0 Å². The van der Waals surface area contributed by atoms with Crippen LogP contribution in [0.4, 0.5) is 5.69 Å². The smallest absolute Gasteiger partial charge is 0.228 e. The Balaban J connectivity index is 1.94. The van der Waals surface area contributed by atoms with Crippen molar-refractivity contribution >= 4 is 11.6 Å². The average molecular weight is 315 g/mol. The number of carbonyl (C=O) groups excluding carboxylic acids is 1. The van der Waals surface area contributed by atoms with Crippen molar-refractivity contribution in [3.63, 3.8) is 0 Å². The number of ether oxygens (including phenoxy) is 2. The third-order valence-electron chi connectivity index (χ3n) is 3.24. The Hall–Kier alpha value is -2.60. The van der Waals surface area contributed by atoms with E-state index in [1.807, 2.05) is 26.1 Å². The number of nitrogens with one attached hydrogen (secondary N) is 2. The van der Waals surface area contributed by atoms with Crippen LogP contribution in [-0.4, -0.2) is 31.6 Å². The molecule has 1 atom stereocenters. The first-order valence-electron chi connectivity index (χ1n) is 7.36. The predicted molar refractivity (Wildman–Crippen MR) is 89.0 cm³/mol. The van der Waals surface area contributed by atoms with Gasteiger partial charge in [-0.3, -0.25) is 4.79 Å². The molecule has 0 fully saturated rings. The molecule has 0 aliphatic carbocycles. The SMILES string of the molecule is CNCC(C)C(=O)Nc1ccc(Oc2ccc(OC)cc2)nc1. The van der Waals surface area contributed by atoms with Gasteiger partial charge in [0.1, 0.15) is 11.5 Å². The van der Waals surface area contributed by atoms with Crippen LogP contribution in [0.2, 0.25) is 0 Å². The molecule has 1 unspecified atom stereocenters. The summed E-state index contributed by atoms with van der Waals surface area (Å²) < 4.78 is 10.7. The monoisotopic (exact) mass is 315 g/mol. The highest BCUT2D eigenvalue weighted by Crippen LogP contribution is 2.23. The van der Waals surface area contributed by atoms with E-state index < -0.39 is 0 Å². The van der Waals surface area contributed by atoms with Gasteiger partial charge in [-0.25, -0.2) is 4.98 Å². The molecular weight excluding hydrogens is 294 g/mol. The van der Waals surface area contributed by atoms with Crippen LogP contribution < -0.4 is 20.1 Å². The Morgan fingerprint density at radius 2 is 1.87 bits per heavy atom. The van der Waals surface area contributed by atoms with Crippen molar-refractivity contribution in [3.05, 3.63) is 42.6 Å². The largest absolute Gasteiger partial charge is 0.497 e. The summed E-state index contributed by atoms with van der Waals surface area (Å²) in [6.45, 7) is 2.48. The molecule has 0 radical (unpaired) electrons. The van der Waals surface area contributed by atoms with Gasteiger partial charge in [-0.1, -0.05) is 6.92 Å². The molecule has 0 aliphatic heterocycles. The molecule has 2 rings (SSSR count). The second kappa shape index (κ2) is 8.14. The van der Waals surface area contributed by atoms with E-state index in [-0.39, 0.29) is 11.8 Å². The predicted octanol–water partition coefficient (Wildman–Crippen LogP) is 2.68. The average Bonchev–Trinajstić information content (AvgIpc) is 2.57. The number of hydrogen-bond acceptors (Lipinski definition) is 5. The topological polar surface area (TPSA) is 72.5 Å². The lowest BCUT2D eigenvalue weighted by molar-refractivity contribution is -0.119. The Morgan fingerprint density at radius 1 is 1.17 bits per heavy atom. The molecule has 0 saturated heterocycles. The second-order valence-corrected chi connectivity index (χ2v) is 5.11. The number of hydrogen-bond donors (Lipinski definition) is 2. The number of carbonyl (C=O) groups is 1. The van der Waals surface area contributed by atoms with Crippen molar-refractivity contribution in [2.45, 2.75) is 6.92 Å². The van der Waals surface area contributed by atoms with Crippen LogP contribution in [0, 0.1) is 5.92 Å².